The van der Waals surface area contributed by atoms with Crippen molar-refractivity contribution < 1.29 is 4.79 Å². The number of fused-ring (bicyclic) bond motifs is 1. The van der Waals surface area contributed by atoms with Crippen molar-refractivity contribution in [1.29, 1.82) is 0 Å². The Hall–Kier alpha value is -3.71. The van der Waals surface area contributed by atoms with Gasteiger partial charge < -0.3 is 16.4 Å². The summed E-state index contributed by atoms with van der Waals surface area (Å²) >= 11 is 0. The molecule has 2 aromatic heterocycles. The number of aryl methyl sites for hydroxylation is 1. The Morgan fingerprint density at radius 1 is 1.16 bits per heavy atom. The Bertz CT molecular complexity index is 1260. The summed E-state index contributed by atoms with van der Waals surface area (Å²) in [5.41, 5.74) is 11.5. The second kappa shape index (κ2) is 8.43. The maximum atomic E-state index is 12.6. The van der Waals surface area contributed by atoms with E-state index in [1.165, 1.54) is 0 Å². The third kappa shape index (κ3) is 3.71. The first-order valence-electron chi connectivity index (χ1n) is 10.9. The monoisotopic (exact) mass is 426 g/mol. The predicted octanol–water partition coefficient (Wildman–Crippen LogP) is 4.17. The van der Waals surface area contributed by atoms with Crippen molar-refractivity contribution in [2.24, 2.45) is 0 Å². The molecule has 162 valence electrons. The fraction of sp³-hybridized carbons (Fsp3) is 0.240. The Morgan fingerprint density at radius 3 is 2.66 bits per heavy atom. The Balaban J connectivity index is 1.52. The number of hydrogen-bond acceptors (Lipinski definition) is 5. The third-order valence-electron chi connectivity index (χ3n) is 6.01. The number of nitrogen functional groups attached to an aromatic ring is 1. The van der Waals surface area contributed by atoms with E-state index in [1.807, 2.05) is 67.7 Å². The minimum atomic E-state index is -0.150. The molecule has 5 rings (SSSR count). The molecule has 0 bridgehead atoms. The van der Waals surface area contributed by atoms with Gasteiger partial charge in [0.25, 0.3) is 5.91 Å². The summed E-state index contributed by atoms with van der Waals surface area (Å²) in [4.78, 5) is 17.0. The Kier molecular flexibility index (Phi) is 5.33. The minimum Gasteiger partial charge on any atom is -0.383 e. The van der Waals surface area contributed by atoms with Crippen LogP contribution in [0.5, 0.6) is 0 Å². The zero-order valence-corrected chi connectivity index (χ0v) is 18.0. The van der Waals surface area contributed by atoms with Gasteiger partial charge in [0.1, 0.15) is 11.5 Å². The largest absolute Gasteiger partial charge is 0.383 e. The molecule has 1 atom stereocenters. The van der Waals surface area contributed by atoms with Crippen LogP contribution in [-0.4, -0.2) is 33.8 Å². The number of carbonyl (C=O) groups is 1. The van der Waals surface area contributed by atoms with E-state index < -0.39 is 0 Å². The highest BCUT2D eigenvalue weighted by Gasteiger charge is 2.24. The smallest absolute Gasteiger partial charge is 0.255 e. The van der Waals surface area contributed by atoms with Crippen LogP contribution in [0.3, 0.4) is 0 Å². The average Bonchev–Trinajstić information content (AvgIpc) is 3.25. The molecule has 0 aliphatic carbocycles. The number of benzene rings is 2. The SMILES string of the molecule is Cc1cnc(N)c2c(-c3ccc(C(=O)Nc4ccccc4)cc3)nn(C3CCCNC3)c12. The van der Waals surface area contributed by atoms with Crippen molar-refractivity contribution in [3.8, 4) is 11.3 Å². The van der Waals surface area contributed by atoms with E-state index >= 15 is 0 Å². The molecule has 0 radical (unpaired) electrons. The molecule has 2 aromatic carbocycles. The van der Waals surface area contributed by atoms with E-state index in [2.05, 4.69) is 20.3 Å². The summed E-state index contributed by atoms with van der Waals surface area (Å²) in [5, 5.41) is 12.3. The summed E-state index contributed by atoms with van der Waals surface area (Å²) in [6, 6.07) is 17.2. The zero-order valence-electron chi connectivity index (χ0n) is 18.0. The Labute approximate surface area is 186 Å². The molecular weight excluding hydrogens is 400 g/mol. The van der Waals surface area contributed by atoms with Crippen molar-refractivity contribution in [2.75, 3.05) is 24.1 Å². The zero-order chi connectivity index (χ0) is 22.1. The van der Waals surface area contributed by atoms with Crippen molar-refractivity contribution in [3.05, 3.63) is 71.9 Å². The molecule has 1 fully saturated rings. The third-order valence-corrected chi connectivity index (χ3v) is 6.01. The van der Waals surface area contributed by atoms with Crippen molar-refractivity contribution in [1.82, 2.24) is 20.1 Å². The number of nitrogens with two attached hydrogens (primary N) is 1. The first-order chi connectivity index (χ1) is 15.6. The molecule has 7 nitrogen and oxygen atoms in total. The fourth-order valence-electron chi connectivity index (χ4n) is 4.36. The summed E-state index contributed by atoms with van der Waals surface area (Å²) in [6.45, 7) is 3.97. The molecule has 3 heterocycles. The van der Waals surface area contributed by atoms with Gasteiger partial charge in [0.15, 0.2) is 0 Å². The van der Waals surface area contributed by atoms with Gasteiger partial charge >= 0.3 is 0 Å². The van der Waals surface area contributed by atoms with Gasteiger partial charge in [-0.05, 0) is 56.1 Å². The lowest BCUT2D eigenvalue weighted by Gasteiger charge is -2.24. The second-order valence-corrected chi connectivity index (χ2v) is 8.24. The van der Waals surface area contributed by atoms with E-state index in [-0.39, 0.29) is 11.9 Å². The van der Waals surface area contributed by atoms with Crippen LogP contribution in [0.25, 0.3) is 22.2 Å². The van der Waals surface area contributed by atoms with Gasteiger partial charge in [-0.15, -0.1) is 0 Å². The van der Waals surface area contributed by atoms with E-state index in [1.54, 1.807) is 0 Å². The van der Waals surface area contributed by atoms with Crippen LogP contribution in [0.15, 0.2) is 60.8 Å². The van der Waals surface area contributed by atoms with E-state index in [4.69, 9.17) is 10.8 Å². The van der Waals surface area contributed by atoms with Gasteiger partial charge in [-0.1, -0.05) is 30.3 Å². The molecule has 1 unspecified atom stereocenters. The number of pyridine rings is 1. The molecule has 4 N–H and O–H groups in total. The number of anilines is 2. The fourth-order valence-corrected chi connectivity index (χ4v) is 4.36. The lowest BCUT2D eigenvalue weighted by Crippen LogP contribution is -2.32. The molecule has 1 saturated heterocycles. The number of nitrogens with one attached hydrogen (secondary N) is 2. The molecule has 0 saturated carbocycles. The summed E-state index contributed by atoms with van der Waals surface area (Å²) in [5.74, 6) is 0.324. The number of hydrogen-bond donors (Lipinski definition) is 3. The van der Waals surface area contributed by atoms with Crippen molar-refractivity contribution in [2.45, 2.75) is 25.8 Å². The summed E-state index contributed by atoms with van der Waals surface area (Å²) in [6.07, 6.45) is 4.00. The second-order valence-electron chi connectivity index (χ2n) is 8.24. The van der Waals surface area contributed by atoms with Crippen molar-refractivity contribution in [3.63, 3.8) is 0 Å². The van der Waals surface area contributed by atoms with Crippen LogP contribution in [0.4, 0.5) is 11.5 Å². The molecule has 1 aliphatic rings. The van der Waals surface area contributed by atoms with Gasteiger partial charge in [-0.2, -0.15) is 5.10 Å². The average molecular weight is 427 g/mol. The normalized spacial score (nSPS) is 16.2. The number of nitrogens with zero attached hydrogens (tertiary/aromatic N) is 3. The van der Waals surface area contributed by atoms with Gasteiger partial charge in [0, 0.05) is 29.6 Å². The topological polar surface area (TPSA) is 97.9 Å². The number of aromatic nitrogens is 3. The molecule has 7 heteroatoms. The van der Waals surface area contributed by atoms with E-state index in [9.17, 15) is 4.79 Å². The number of piperidine rings is 1. The van der Waals surface area contributed by atoms with Crippen molar-refractivity contribution >= 4 is 28.3 Å². The quantitative estimate of drug-likeness (QED) is 0.455. The molecular formula is C25H26N6O. The highest BCUT2D eigenvalue weighted by molar-refractivity contribution is 6.05. The van der Waals surface area contributed by atoms with Crippen LogP contribution >= 0.6 is 0 Å². The predicted molar refractivity (Wildman–Crippen MR) is 128 cm³/mol. The van der Waals surface area contributed by atoms with Gasteiger partial charge in [0.2, 0.25) is 0 Å². The standard InChI is InChI=1S/C25H26N6O/c1-16-14-28-24(26)21-22(30-31(23(16)21)20-8-5-13-27-15-20)17-9-11-18(12-10-17)25(32)29-19-6-3-2-4-7-19/h2-4,6-7,9-12,14,20,27H,5,8,13,15H2,1H3,(H2,26,28)(H,29,32). The van der Waals surface area contributed by atoms with Gasteiger partial charge in [-0.25, -0.2) is 4.98 Å². The van der Waals surface area contributed by atoms with E-state index in [0.717, 1.165) is 59.3 Å². The van der Waals surface area contributed by atoms with Crippen LogP contribution in [-0.2, 0) is 0 Å². The first kappa shape index (κ1) is 20.2. The number of carbonyl (C=O) groups excluding carboxylic acids is 1. The maximum absolute atomic E-state index is 12.6. The summed E-state index contributed by atoms with van der Waals surface area (Å²) < 4.78 is 2.11. The van der Waals surface area contributed by atoms with Gasteiger partial charge in [0.05, 0.1) is 16.9 Å². The highest BCUT2D eigenvalue weighted by atomic mass is 16.1. The number of rotatable bonds is 4. The Morgan fingerprint density at radius 2 is 1.94 bits per heavy atom. The van der Waals surface area contributed by atoms with Gasteiger partial charge in [-0.3, -0.25) is 9.48 Å². The van der Waals surface area contributed by atoms with Crippen LogP contribution in [0, 0.1) is 6.92 Å². The van der Waals surface area contributed by atoms with Crippen LogP contribution in [0.2, 0.25) is 0 Å². The first-order valence-corrected chi connectivity index (χ1v) is 10.9. The number of para-hydroxylation sites is 1. The molecule has 4 aromatic rings. The molecule has 32 heavy (non-hydrogen) atoms. The minimum absolute atomic E-state index is 0.150. The van der Waals surface area contributed by atoms with Crippen LogP contribution < -0.4 is 16.4 Å². The molecule has 1 aliphatic heterocycles. The number of amides is 1. The van der Waals surface area contributed by atoms with Crippen LogP contribution in [0.1, 0.15) is 34.8 Å². The maximum Gasteiger partial charge on any atom is 0.255 e. The lowest BCUT2D eigenvalue weighted by atomic mass is 10.0. The van der Waals surface area contributed by atoms with E-state index in [0.29, 0.717) is 11.4 Å². The molecule has 0 spiro atoms. The molecule has 1 amide bonds. The lowest BCUT2D eigenvalue weighted by molar-refractivity contribution is 0.102. The highest BCUT2D eigenvalue weighted by Crippen LogP contribution is 2.35. The summed E-state index contributed by atoms with van der Waals surface area (Å²) in [7, 11) is 0.